The minimum absolute atomic E-state index is 0.179. The highest BCUT2D eigenvalue weighted by molar-refractivity contribution is 5.76. The van der Waals surface area contributed by atoms with Gasteiger partial charge >= 0.3 is 0 Å². The number of benzene rings is 1. The number of carbonyl (C=O) groups excluding carboxylic acids is 1. The van der Waals surface area contributed by atoms with Crippen LogP contribution in [0.2, 0.25) is 0 Å². The maximum absolute atomic E-state index is 12.5. The first-order chi connectivity index (χ1) is 13.7. The Morgan fingerprint density at radius 3 is 2.21 bits per heavy atom. The molecule has 4 fully saturated rings. The summed E-state index contributed by atoms with van der Waals surface area (Å²) in [6.07, 6.45) is 14.2. The maximum Gasteiger partial charge on any atom is 0.220 e. The molecule has 0 saturated heterocycles. The molecule has 4 aliphatic carbocycles. The average molecular weight is 384 g/mol. The molecule has 1 aromatic carbocycles. The van der Waals surface area contributed by atoms with Gasteiger partial charge in [-0.25, -0.2) is 0 Å². The lowest BCUT2D eigenvalue weighted by Gasteiger charge is -2.56. The van der Waals surface area contributed by atoms with Crippen LogP contribution < -0.4 is 5.32 Å². The van der Waals surface area contributed by atoms with Gasteiger partial charge in [0.1, 0.15) is 0 Å². The van der Waals surface area contributed by atoms with Crippen molar-refractivity contribution in [2.75, 3.05) is 13.2 Å². The summed E-state index contributed by atoms with van der Waals surface area (Å²) in [6, 6.07) is 10.5. The fourth-order valence-corrected chi connectivity index (χ4v) is 6.40. The van der Waals surface area contributed by atoms with E-state index in [1.54, 1.807) is 0 Å². The summed E-state index contributed by atoms with van der Waals surface area (Å²) in [5.41, 5.74) is 1.52. The van der Waals surface area contributed by atoms with Crippen LogP contribution in [0.4, 0.5) is 0 Å². The van der Waals surface area contributed by atoms with Crippen LogP contribution in [-0.4, -0.2) is 24.7 Å². The van der Waals surface area contributed by atoms with Gasteiger partial charge < -0.3 is 10.1 Å². The van der Waals surface area contributed by atoms with Crippen molar-refractivity contribution >= 4 is 5.91 Å². The van der Waals surface area contributed by atoms with Gasteiger partial charge in [-0.15, -0.1) is 0 Å². The monoisotopic (exact) mass is 383 g/mol. The fraction of sp³-hybridized carbons (Fsp3) is 0.720. The van der Waals surface area contributed by atoms with E-state index in [1.165, 1.54) is 44.1 Å². The number of hydrogen-bond donors (Lipinski definition) is 1. The zero-order chi connectivity index (χ0) is 19.2. The van der Waals surface area contributed by atoms with Gasteiger partial charge in [-0.1, -0.05) is 43.2 Å². The summed E-state index contributed by atoms with van der Waals surface area (Å²) < 4.78 is 5.74. The minimum Gasteiger partial charge on any atom is -0.381 e. The third-order valence-corrected chi connectivity index (χ3v) is 7.26. The standard InChI is InChI=1S/C25H37NO2/c27-24(26-25-17-21-14-22(18-25)16-23(15-21)19-25)10-6-1-2-7-12-28-13-11-20-8-4-3-5-9-20/h3-5,8-9,21-23H,1-2,6-7,10-19H2,(H,26,27). The fourth-order valence-electron chi connectivity index (χ4n) is 6.40. The van der Waals surface area contributed by atoms with E-state index >= 15 is 0 Å². The Bertz CT molecular complexity index is 591. The second-order valence-electron chi connectivity index (χ2n) is 9.76. The number of rotatable bonds is 11. The molecule has 3 heteroatoms. The van der Waals surface area contributed by atoms with E-state index in [-0.39, 0.29) is 5.54 Å². The molecule has 5 rings (SSSR count). The Morgan fingerprint density at radius 2 is 1.54 bits per heavy atom. The molecular weight excluding hydrogens is 346 g/mol. The highest BCUT2D eigenvalue weighted by Gasteiger charge is 2.51. The van der Waals surface area contributed by atoms with Crippen LogP contribution in [0.15, 0.2) is 30.3 Å². The van der Waals surface area contributed by atoms with Gasteiger partial charge in [0.25, 0.3) is 0 Å². The zero-order valence-electron chi connectivity index (χ0n) is 17.3. The SMILES string of the molecule is O=C(CCCCCCOCCc1ccccc1)NC12CC3CC(CC(C3)C1)C2. The van der Waals surface area contributed by atoms with Crippen LogP contribution in [0.25, 0.3) is 0 Å². The summed E-state index contributed by atoms with van der Waals surface area (Å²) in [5, 5.41) is 3.50. The largest absolute Gasteiger partial charge is 0.381 e. The van der Waals surface area contributed by atoms with E-state index in [0.717, 1.165) is 63.1 Å². The summed E-state index contributed by atoms with van der Waals surface area (Å²) in [6.45, 7) is 1.64. The van der Waals surface area contributed by atoms with Gasteiger partial charge in [-0.05, 0) is 81.1 Å². The predicted molar refractivity (Wildman–Crippen MR) is 113 cm³/mol. The molecule has 0 heterocycles. The third-order valence-electron chi connectivity index (χ3n) is 7.26. The van der Waals surface area contributed by atoms with Crippen molar-refractivity contribution in [1.82, 2.24) is 5.32 Å². The molecule has 4 aliphatic rings. The predicted octanol–water partition coefficient (Wildman–Crippen LogP) is 5.28. The van der Waals surface area contributed by atoms with Crippen molar-refractivity contribution in [3.8, 4) is 0 Å². The van der Waals surface area contributed by atoms with Gasteiger partial charge in [0.2, 0.25) is 5.91 Å². The molecule has 0 unspecified atom stereocenters. The molecule has 4 bridgehead atoms. The van der Waals surface area contributed by atoms with Crippen LogP contribution in [0, 0.1) is 17.8 Å². The number of ether oxygens (including phenoxy) is 1. The molecule has 0 aromatic heterocycles. The topological polar surface area (TPSA) is 38.3 Å². The molecule has 1 aromatic rings. The number of nitrogens with one attached hydrogen (secondary N) is 1. The van der Waals surface area contributed by atoms with Crippen LogP contribution in [0.3, 0.4) is 0 Å². The Kier molecular flexibility index (Phi) is 6.72. The van der Waals surface area contributed by atoms with Crippen molar-refractivity contribution in [3.05, 3.63) is 35.9 Å². The highest BCUT2D eigenvalue weighted by atomic mass is 16.5. The maximum atomic E-state index is 12.5. The second kappa shape index (κ2) is 9.43. The Labute approximate surface area is 170 Å². The van der Waals surface area contributed by atoms with Gasteiger partial charge in [0.15, 0.2) is 0 Å². The molecular formula is C25H37NO2. The van der Waals surface area contributed by atoms with E-state index in [1.807, 2.05) is 6.07 Å². The molecule has 0 spiro atoms. The Balaban J connectivity index is 1.03. The molecule has 154 valence electrons. The molecule has 4 saturated carbocycles. The quantitative estimate of drug-likeness (QED) is 0.528. The summed E-state index contributed by atoms with van der Waals surface area (Å²) in [7, 11) is 0. The first-order valence-corrected chi connectivity index (χ1v) is 11.6. The molecule has 0 radical (unpaired) electrons. The number of amides is 1. The van der Waals surface area contributed by atoms with Crippen LogP contribution in [0.1, 0.15) is 76.2 Å². The number of carbonyl (C=O) groups is 1. The zero-order valence-corrected chi connectivity index (χ0v) is 17.3. The summed E-state index contributed by atoms with van der Waals surface area (Å²) in [4.78, 5) is 12.5. The van der Waals surface area contributed by atoms with Crippen molar-refractivity contribution in [2.24, 2.45) is 17.8 Å². The molecule has 1 amide bonds. The van der Waals surface area contributed by atoms with Crippen LogP contribution in [0.5, 0.6) is 0 Å². The Hall–Kier alpha value is -1.35. The van der Waals surface area contributed by atoms with Crippen molar-refractivity contribution < 1.29 is 9.53 Å². The average Bonchev–Trinajstić information content (AvgIpc) is 2.66. The van der Waals surface area contributed by atoms with Crippen LogP contribution in [-0.2, 0) is 16.0 Å². The molecule has 0 aliphatic heterocycles. The molecule has 1 N–H and O–H groups in total. The summed E-state index contributed by atoms with van der Waals surface area (Å²) in [5.74, 6) is 3.00. The molecule has 3 nitrogen and oxygen atoms in total. The number of hydrogen-bond acceptors (Lipinski definition) is 2. The Morgan fingerprint density at radius 1 is 0.893 bits per heavy atom. The first-order valence-electron chi connectivity index (χ1n) is 11.6. The third kappa shape index (κ3) is 5.37. The highest BCUT2D eigenvalue weighted by Crippen LogP contribution is 2.55. The van der Waals surface area contributed by atoms with Gasteiger partial charge in [-0.2, -0.15) is 0 Å². The second-order valence-corrected chi connectivity index (χ2v) is 9.76. The van der Waals surface area contributed by atoms with E-state index in [9.17, 15) is 4.79 Å². The van der Waals surface area contributed by atoms with Crippen LogP contribution >= 0.6 is 0 Å². The van der Waals surface area contributed by atoms with E-state index in [2.05, 4.69) is 29.6 Å². The summed E-state index contributed by atoms with van der Waals surface area (Å²) >= 11 is 0. The van der Waals surface area contributed by atoms with E-state index in [0.29, 0.717) is 12.3 Å². The minimum atomic E-state index is 0.179. The van der Waals surface area contributed by atoms with E-state index < -0.39 is 0 Å². The lowest BCUT2D eigenvalue weighted by atomic mass is 9.53. The molecule has 0 atom stereocenters. The molecule has 28 heavy (non-hydrogen) atoms. The normalized spacial score (nSPS) is 30.5. The smallest absolute Gasteiger partial charge is 0.220 e. The lowest BCUT2D eigenvalue weighted by Crippen LogP contribution is -2.59. The van der Waals surface area contributed by atoms with Crippen molar-refractivity contribution in [2.45, 2.75) is 82.6 Å². The van der Waals surface area contributed by atoms with Crippen molar-refractivity contribution in [1.29, 1.82) is 0 Å². The van der Waals surface area contributed by atoms with Gasteiger partial charge in [0, 0.05) is 18.6 Å². The number of unbranched alkanes of at least 4 members (excludes halogenated alkanes) is 3. The lowest BCUT2D eigenvalue weighted by molar-refractivity contribution is -0.127. The van der Waals surface area contributed by atoms with Gasteiger partial charge in [0.05, 0.1) is 6.61 Å². The van der Waals surface area contributed by atoms with Crippen molar-refractivity contribution in [3.63, 3.8) is 0 Å². The van der Waals surface area contributed by atoms with Gasteiger partial charge in [-0.3, -0.25) is 4.79 Å². The first kappa shape index (κ1) is 19.9. The van der Waals surface area contributed by atoms with E-state index in [4.69, 9.17) is 4.74 Å².